The number of benzene rings is 2. The molecule has 0 unspecified atom stereocenters. The summed E-state index contributed by atoms with van der Waals surface area (Å²) in [6.45, 7) is 4.72. The van der Waals surface area contributed by atoms with Gasteiger partial charge in [-0.2, -0.15) is 0 Å². The molecule has 2 aromatic carbocycles. The first-order valence-electron chi connectivity index (χ1n) is 11.0. The summed E-state index contributed by atoms with van der Waals surface area (Å²) in [5.74, 6) is -1.19. The van der Waals surface area contributed by atoms with E-state index in [4.69, 9.17) is 4.74 Å². The Kier molecular flexibility index (Phi) is 7.61. The smallest absolute Gasteiger partial charge is 0.269 e. The average Bonchev–Trinajstić information content (AvgIpc) is 2.99. The van der Waals surface area contributed by atoms with Crippen LogP contribution in [-0.4, -0.2) is 61.1 Å². The van der Waals surface area contributed by atoms with Gasteiger partial charge in [0.1, 0.15) is 23.2 Å². The zero-order valence-corrected chi connectivity index (χ0v) is 20.5. The fraction of sp³-hybridized carbons (Fsp3) is 0.375. The molecule has 34 heavy (non-hydrogen) atoms. The van der Waals surface area contributed by atoms with Gasteiger partial charge in [-0.3, -0.25) is 14.4 Å². The summed E-state index contributed by atoms with van der Waals surface area (Å²) in [4.78, 5) is 40.4. The van der Waals surface area contributed by atoms with E-state index in [0.717, 1.165) is 0 Å². The van der Waals surface area contributed by atoms with Crippen LogP contribution in [0.4, 0.5) is 0 Å². The Labute approximate surface area is 199 Å². The molecule has 10 heteroatoms. The molecule has 0 radical (unpaired) electrons. The summed E-state index contributed by atoms with van der Waals surface area (Å²) in [6, 6.07) is 11.9. The molecule has 1 aliphatic rings. The number of hydrogen-bond donors (Lipinski definition) is 1. The van der Waals surface area contributed by atoms with Crippen molar-refractivity contribution in [1.82, 2.24) is 14.5 Å². The van der Waals surface area contributed by atoms with Gasteiger partial charge in [-0.05, 0) is 50.1 Å². The van der Waals surface area contributed by atoms with Crippen LogP contribution < -0.4 is 10.1 Å². The summed E-state index contributed by atoms with van der Waals surface area (Å²) in [5.41, 5.74) is 0.724. The first kappa shape index (κ1) is 25.2. The van der Waals surface area contributed by atoms with Crippen molar-refractivity contribution in [3.05, 3.63) is 59.7 Å². The third-order valence-corrected chi connectivity index (χ3v) is 7.28. The van der Waals surface area contributed by atoms with Gasteiger partial charge in [-0.25, -0.2) is 12.7 Å². The quantitative estimate of drug-likeness (QED) is 0.580. The highest BCUT2D eigenvalue weighted by Crippen LogP contribution is 2.30. The molecule has 3 rings (SSSR count). The minimum Gasteiger partial charge on any atom is -0.497 e. The summed E-state index contributed by atoms with van der Waals surface area (Å²) < 4.78 is 31.7. The normalized spacial score (nSPS) is 15.1. The Morgan fingerprint density at radius 2 is 1.82 bits per heavy atom. The van der Waals surface area contributed by atoms with Crippen molar-refractivity contribution in [1.29, 1.82) is 0 Å². The van der Waals surface area contributed by atoms with Crippen LogP contribution in [0.1, 0.15) is 43.1 Å². The Morgan fingerprint density at radius 1 is 1.12 bits per heavy atom. The number of hydrogen-bond acceptors (Lipinski definition) is 6. The van der Waals surface area contributed by atoms with E-state index in [0.29, 0.717) is 22.0 Å². The number of carbonyl (C=O) groups excluding carboxylic acids is 3. The molecule has 0 saturated heterocycles. The SMILES string of the molecule is CC[C@H](C(=O)NC(C)C)N(Cc1cccc(OC)c1)C(=O)CN1C(=O)c2ccccc2S1(=O)=O. The number of sulfonamides is 1. The van der Waals surface area contributed by atoms with Crippen LogP contribution in [0.2, 0.25) is 0 Å². The molecule has 9 nitrogen and oxygen atoms in total. The highest BCUT2D eigenvalue weighted by atomic mass is 32.2. The van der Waals surface area contributed by atoms with Crippen molar-refractivity contribution in [2.75, 3.05) is 13.7 Å². The van der Waals surface area contributed by atoms with Crippen LogP contribution >= 0.6 is 0 Å². The molecular formula is C24H29N3O6S. The van der Waals surface area contributed by atoms with Gasteiger partial charge < -0.3 is 15.0 Å². The number of methoxy groups -OCH3 is 1. The topological polar surface area (TPSA) is 113 Å². The second-order valence-corrected chi connectivity index (χ2v) is 10.1. The van der Waals surface area contributed by atoms with Gasteiger partial charge in [0.15, 0.2) is 0 Å². The van der Waals surface area contributed by atoms with E-state index < -0.39 is 34.4 Å². The molecule has 1 aliphatic heterocycles. The van der Waals surface area contributed by atoms with Crippen LogP contribution in [0, 0.1) is 0 Å². The summed E-state index contributed by atoms with van der Waals surface area (Å²) in [7, 11) is -2.64. The number of nitrogens with one attached hydrogen (secondary N) is 1. The van der Waals surface area contributed by atoms with Crippen LogP contribution in [0.15, 0.2) is 53.4 Å². The third kappa shape index (κ3) is 5.06. The van der Waals surface area contributed by atoms with Crippen molar-refractivity contribution >= 4 is 27.7 Å². The Balaban J connectivity index is 1.94. The Hall–Kier alpha value is -3.40. The van der Waals surface area contributed by atoms with Gasteiger partial charge in [0, 0.05) is 12.6 Å². The second kappa shape index (κ2) is 10.3. The minimum atomic E-state index is -4.16. The van der Waals surface area contributed by atoms with Gasteiger partial charge in [0.2, 0.25) is 11.8 Å². The predicted molar refractivity (Wildman–Crippen MR) is 126 cm³/mol. The fourth-order valence-electron chi connectivity index (χ4n) is 3.87. The van der Waals surface area contributed by atoms with Crippen molar-refractivity contribution in [2.45, 2.75) is 50.7 Å². The molecule has 2 aromatic rings. The lowest BCUT2D eigenvalue weighted by Gasteiger charge is -2.32. The lowest BCUT2D eigenvalue weighted by Crippen LogP contribution is -2.53. The molecule has 0 aliphatic carbocycles. The minimum absolute atomic E-state index is 0.0271. The molecule has 0 bridgehead atoms. The van der Waals surface area contributed by atoms with E-state index in [-0.39, 0.29) is 29.0 Å². The first-order valence-corrected chi connectivity index (χ1v) is 12.4. The standard InChI is InChI=1S/C24H29N3O6S/c1-5-20(23(29)25-16(2)3)26(14-17-9-8-10-18(13-17)33-4)22(28)15-27-24(30)19-11-6-7-12-21(19)34(27,31)32/h6-13,16,20H,5,14-15H2,1-4H3,(H,25,29)/t20-/m1/s1. The van der Waals surface area contributed by atoms with Crippen molar-refractivity contribution in [3.63, 3.8) is 0 Å². The molecule has 0 spiro atoms. The van der Waals surface area contributed by atoms with Gasteiger partial charge in [0.25, 0.3) is 15.9 Å². The van der Waals surface area contributed by atoms with E-state index >= 15 is 0 Å². The molecule has 1 heterocycles. The molecular weight excluding hydrogens is 458 g/mol. The largest absolute Gasteiger partial charge is 0.497 e. The molecule has 0 saturated carbocycles. The molecule has 0 fully saturated rings. The lowest BCUT2D eigenvalue weighted by molar-refractivity contribution is -0.141. The summed E-state index contributed by atoms with van der Waals surface area (Å²) in [6.07, 6.45) is 0.301. The first-order chi connectivity index (χ1) is 16.1. The number of carbonyl (C=O) groups is 3. The molecule has 0 aromatic heterocycles. The zero-order valence-electron chi connectivity index (χ0n) is 19.6. The molecule has 182 valence electrons. The van der Waals surface area contributed by atoms with Gasteiger partial charge in [-0.1, -0.05) is 31.2 Å². The Bertz CT molecular complexity index is 1190. The van der Waals surface area contributed by atoms with Crippen molar-refractivity contribution in [3.8, 4) is 5.75 Å². The number of rotatable bonds is 9. The average molecular weight is 488 g/mol. The molecule has 3 amide bonds. The van der Waals surface area contributed by atoms with Crippen molar-refractivity contribution in [2.24, 2.45) is 0 Å². The summed E-state index contributed by atoms with van der Waals surface area (Å²) >= 11 is 0. The predicted octanol–water partition coefficient (Wildman–Crippen LogP) is 2.17. The molecule has 1 N–H and O–H groups in total. The van der Waals surface area contributed by atoms with Crippen molar-refractivity contribution < 1.29 is 27.5 Å². The summed E-state index contributed by atoms with van der Waals surface area (Å²) in [5, 5.41) is 2.81. The van der Waals surface area contributed by atoms with Gasteiger partial charge >= 0.3 is 0 Å². The van der Waals surface area contributed by atoms with Gasteiger partial charge in [0.05, 0.1) is 12.7 Å². The van der Waals surface area contributed by atoms with E-state index in [9.17, 15) is 22.8 Å². The third-order valence-electron chi connectivity index (χ3n) is 5.49. The lowest BCUT2D eigenvalue weighted by atomic mass is 10.1. The van der Waals surface area contributed by atoms with Crippen LogP contribution in [0.3, 0.4) is 0 Å². The van der Waals surface area contributed by atoms with Crippen LogP contribution in [-0.2, 0) is 26.2 Å². The van der Waals surface area contributed by atoms with E-state index in [1.54, 1.807) is 37.3 Å². The monoisotopic (exact) mass is 487 g/mol. The number of fused-ring (bicyclic) bond motifs is 1. The zero-order chi connectivity index (χ0) is 25.0. The number of amides is 3. The van der Waals surface area contributed by atoms with Crippen LogP contribution in [0.25, 0.3) is 0 Å². The van der Waals surface area contributed by atoms with Gasteiger partial charge in [-0.15, -0.1) is 0 Å². The maximum Gasteiger partial charge on any atom is 0.269 e. The van der Waals surface area contributed by atoms with E-state index in [1.165, 1.54) is 30.2 Å². The highest BCUT2D eigenvalue weighted by molar-refractivity contribution is 7.90. The maximum absolute atomic E-state index is 13.5. The molecule has 1 atom stereocenters. The number of ether oxygens (including phenoxy) is 1. The fourth-order valence-corrected chi connectivity index (χ4v) is 5.39. The van der Waals surface area contributed by atoms with E-state index in [2.05, 4.69) is 5.32 Å². The maximum atomic E-state index is 13.5. The Morgan fingerprint density at radius 3 is 2.44 bits per heavy atom. The van der Waals surface area contributed by atoms with Crippen LogP contribution in [0.5, 0.6) is 5.75 Å². The highest BCUT2D eigenvalue weighted by Gasteiger charge is 2.43. The second-order valence-electron chi connectivity index (χ2n) is 8.27. The van der Waals surface area contributed by atoms with E-state index in [1.807, 2.05) is 13.8 Å². The number of nitrogens with zero attached hydrogens (tertiary/aromatic N) is 2.